The Kier molecular flexibility index (Phi) is 6.95. The van der Waals surface area contributed by atoms with Crippen LogP contribution in [0.25, 0.3) is 0 Å². The zero-order chi connectivity index (χ0) is 18.4. The van der Waals surface area contributed by atoms with E-state index in [0.29, 0.717) is 44.2 Å². The largest absolute Gasteiger partial charge is 0.379 e. The van der Waals surface area contributed by atoms with E-state index in [1.165, 1.54) is 4.31 Å². The Bertz CT molecular complexity index is 668. The standard InChI is InChI=1S/C17H27N3O4S/c1-14(12-17(21)19(2)3)18-13-15-4-6-16(7-5-15)25(22,23)20-8-10-24-11-9-20/h4-7,14,18H,8-13H2,1-3H3/t14-/m0/s1. The molecule has 1 atom stereocenters. The molecule has 1 aliphatic heterocycles. The lowest BCUT2D eigenvalue weighted by atomic mass is 10.2. The molecule has 1 heterocycles. The number of ether oxygens (including phenoxy) is 1. The monoisotopic (exact) mass is 369 g/mol. The van der Waals surface area contributed by atoms with Crippen molar-refractivity contribution in [1.82, 2.24) is 14.5 Å². The number of morpholine rings is 1. The second-order valence-corrected chi connectivity index (χ2v) is 8.37. The number of hydrogen-bond acceptors (Lipinski definition) is 5. The Morgan fingerprint density at radius 2 is 1.84 bits per heavy atom. The molecule has 0 aromatic heterocycles. The SMILES string of the molecule is C[C@@H](CC(=O)N(C)C)NCc1ccc(S(=O)(=O)N2CCOCC2)cc1. The third kappa shape index (κ3) is 5.50. The normalized spacial score (nSPS) is 17.2. The van der Waals surface area contributed by atoms with Crippen molar-refractivity contribution in [3.63, 3.8) is 0 Å². The smallest absolute Gasteiger partial charge is 0.243 e. The zero-order valence-electron chi connectivity index (χ0n) is 15.1. The fourth-order valence-corrected chi connectivity index (χ4v) is 3.93. The van der Waals surface area contributed by atoms with Crippen LogP contribution < -0.4 is 5.32 Å². The van der Waals surface area contributed by atoms with Gasteiger partial charge in [-0.15, -0.1) is 0 Å². The highest BCUT2D eigenvalue weighted by Crippen LogP contribution is 2.17. The summed E-state index contributed by atoms with van der Waals surface area (Å²) in [6.07, 6.45) is 0.427. The zero-order valence-corrected chi connectivity index (χ0v) is 15.9. The molecule has 8 heteroatoms. The summed E-state index contributed by atoms with van der Waals surface area (Å²) in [7, 11) is 0.0248. The number of carbonyl (C=O) groups is 1. The number of nitrogens with zero attached hydrogens (tertiary/aromatic N) is 2. The first-order valence-electron chi connectivity index (χ1n) is 8.41. The lowest BCUT2D eigenvalue weighted by Gasteiger charge is -2.26. The minimum absolute atomic E-state index is 0.0478. The summed E-state index contributed by atoms with van der Waals surface area (Å²) in [5.41, 5.74) is 0.977. The van der Waals surface area contributed by atoms with Crippen molar-refractivity contribution in [2.24, 2.45) is 0 Å². The molecule has 0 saturated carbocycles. The summed E-state index contributed by atoms with van der Waals surface area (Å²) in [6, 6.07) is 6.93. The van der Waals surface area contributed by atoms with E-state index in [0.717, 1.165) is 5.56 Å². The van der Waals surface area contributed by atoms with E-state index in [-0.39, 0.29) is 11.9 Å². The van der Waals surface area contributed by atoms with E-state index in [1.807, 2.05) is 6.92 Å². The van der Waals surface area contributed by atoms with Gasteiger partial charge >= 0.3 is 0 Å². The molecule has 0 spiro atoms. The Morgan fingerprint density at radius 3 is 2.40 bits per heavy atom. The maximum atomic E-state index is 12.6. The number of hydrogen-bond donors (Lipinski definition) is 1. The lowest BCUT2D eigenvalue weighted by Crippen LogP contribution is -2.40. The van der Waals surface area contributed by atoms with Crippen LogP contribution in [0.3, 0.4) is 0 Å². The van der Waals surface area contributed by atoms with Gasteiger partial charge in [-0.05, 0) is 24.6 Å². The third-order valence-corrected chi connectivity index (χ3v) is 6.08. The number of rotatable bonds is 7. The van der Waals surface area contributed by atoms with Crippen LogP contribution in [0.5, 0.6) is 0 Å². The van der Waals surface area contributed by atoms with Crippen LogP contribution in [0, 0.1) is 0 Å². The molecular formula is C17H27N3O4S. The van der Waals surface area contributed by atoms with Crippen LogP contribution in [0.1, 0.15) is 18.9 Å². The quantitative estimate of drug-likeness (QED) is 0.764. The number of amides is 1. The van der Waals surface area contributed by atoms with Gasteiger partial charge in [0.05, 0.1) is 18.1 Å². The predicted molar refractivity (Wildman–Crippen MR) is 95.6 cm³/mol. The first kappa shape index (κ1) is 19.8. The molecule has 1 aromatic carbocycles. The van der Waals surface area contributed by atoms with Crippen molar-refractivity contribution < 1.29 is 17.9 Å². The average molecular weight is 369 g/mol. The van der Waals surface area contributed by atoms with Gasteiger partial charge in [0.25, 0.3) is 0 Å². The van der Waals surface area contributed by atoms with E-state index >= 15 is 0 Å². The number of carbonyl (C=O) groups excluding carboxylic acids is 1. The molecule has 1 aromatic rings. The molecule has 140 valence electrons. The van der Waals surface area contributed by atoms with Gasteiger partial charge in [-0.3, -0.25) is 4.79 Å². The summed E-state index contributed by atoms with van der Waals surface area (Å²) >= 11 is 0. The van der Waals surface area contributed by atoms with E-state index < -0.39 is 10.0 Å². The second-order valence-electron chi connectivity index (χ2n) is 6.43. The van der Waals surface area contributed by atoms with Crippen LogP contribution >= 0.6 is 0 Å². The lowest BCUT2D eigenvalue weighted by molar-refractivity contribution is -0.129. The molecule has 1 saturated heterocycles. The van der Waals surface area contributed by atoms with E-state index in [9.17, 15) is 13.2 Å². The topological polar surface area (TPSA) is 79.0 Å². The van der Waals surface area contributed by atoms with E-state index in [1.54, 1.807) is 43.3 Å². The highest BCUT2D eigenvalue weighted by atomic mass is 32.2. The predicted octanol–water partition coefficient (Wildman–Crippen LogP) is 0.664. The molecule has 2 rings (SSSR count). The highest BCUT2D eigenvalue weighted by molar-refractivity contribution is 7.89. The summed E-state index contributed by atoms with van der Waals surface area (Å²) in [5.74, 6) is 0.0759. The molecule has 1 aliphatic rings. The van der Waals surface area contributed by atoms with Crippen LogP contribution in [-0.2, 0) is 26.1 Å². The van der Waals surface area contributed by atoms with Crippen molar-refractivity contribution in [1.29, 1.82) is 0 Å². The van der Waals surface area contributed by atoms with Crippen LogP contribution in [0.2, 0.25) is 0 Å². The molecule has 1 fully saturated rings. The molecule has 1 N–H and O–H groups in total. The van der Waals surface area contributed by atoms with Gasteiger partial charge in [-0.1, -0.05) is 12.1 Å². The van der Waals surface area contributed by atoms with Gasteiger partial charge in [-0.25, -0.2) is 8.42 Å². The molecule has 1 amide bonds. The first-order valence-corrected chi connectivity index (χ1v) is 9.85. The Balaban J connectivity index is 1.92. The van der Waals surface area contributed by atoms with Gasteiger partial charge < -0.3 is 15.0 Å². The fraction of sp³-hybridized carbons (Fsp3) is 0.588. The molecule has 0 unspecified atom stereocenters. The summed E-state index contributed by atoms with van der Waals surface area (Å²) in [6.45, 7) is 4.19. The number of nitrogens with one attached hydrogen (secondary N) is 1. The van der Waals surface area contributed by atoms with Gasteiger partial charge in [-0.2, -0.15) is 4.31 Å². The molecular weight excluding hydrogens is 342 g/mol. The first-order chi connectivity index (χ1) is 11.8. The minimum atomic E-state index is -3.45. The van der Waals surface area contributed by atoms with Crippen LogP contribution in [-0.4, -0.2) is 70.0 Å². The van der Waals surface area contributed by atoms with Crippen LogP contribution in [0.15, 0.2) is 29.2 Å². The van der Waals surface area contributed by atoms with Gasteiger partial charge in [0.2, 0.25) is 15.9 Å². The molecule has 7 nitrogen and oxygen atoms in total. The van der Waals surface area contributed by atoms with Crippen LogP contribution in [0.4, 0.5) is 0 Å². The van der Waals surface area contributed by atoms with Crippen molar-refractivity contribution in [3.05, 3.63) is 29.8 Å². The second kappa shape index (κ2) is 8.75. The van der Waals surface area contributed by atoms with E-state index in [4.69, 9.17) is 4.74 Å². The summed E-state index contributed by atoms with van der Waals surface area (Å²) < 4.78 is 31.8. The molecule has 0 bridgehead atoms. The maximum absolute atomic E-state index is 12.6. The Morgan fingerprint density at radius 1 is 1.24 bits per heavy atom. The number of benzene rings is 1. The van der Waals surface area contributed by atoms with Gasteiger partial charge in [0.15, 0.2) is 0 Å². The fourth-order valence-electron chi connectivity index (χ4n) is 2.52. The highest BCUT2D eigenvalue weighted by Gasteiger charge is 2.26. The molecule has 25 heavy (non-hydrogen) atoms. The maximum Gasteiger partial charge on any atom is 0.243 e. The van der Waals surface area contributed by atoms with Crippen molar-refractivity contribution >= 4 is 15.9 Å². The summed E-state index contributed by atoms with van der Waals surface area (Å²) in [4.78, 5) is 13.5. The van der Waals surface area contributed by atoms with Crippen molar-refractivity contribution in [2.45, 2.75) is 30.8 Å². The molecule has 0 radical (unpaired) electrons. The minimum Gasteiger partial charge on any atom is -0.379 e. The van der Waals surface area contributed by atoms with Crippen molar-refractivity contribution in [2.75, 3.05) is 40.4 Å². The third-order valence-electron chi connectivity index (χ3n) is 4.17. The Labute approximate surface area is 150 Å². The van der Waals surface area contributed by atoms with E-state index in [2.05, 4.69) is 5.32 Å². The van der Waals surface area contributed by atoms with Crippen molar-refractivity contribution in [3.8, 4) is 0 Å². The summed E-state index contributed by atoms with van der Waals surface area (Å²) in [5, 5.41) is 3.28. The number of sulfonamides is 1. The average Bonchev–Trinajstić information content (AvgIpc) is 2.61. The van der Waals surface area contributed by atoms with Gasteiger partial charge in [0, 0.05) is 46.2 Å². The molecule has 0 aliphatic carbocycles. The Hall–Kier alpha value is -1.48. The van der Waals surface area contributed by atoms with Gasteiger partial charge in [0.1, 0.15) is 0 Å².